The predicted octanol–water partition coefficient (Wildman–Crippen LogP) is 6.06. The number of halogens is 1. The number of thioether (sulfide) groups is 1. The molecule has 0 aliphatic carbocycles. The molecule has 4 rings (SSSR count). The summed E-state index contributed by atoms with van der Waals surface area (Å²) in [5, 5.41) is 20.1. The Morgan fingerprint density at radius 2 is 1.77 bits per heavy atom. The standard InChI is InChI=1S/C30H27ClN4O4S/c1-18-27(29(37)35-24-13-6-7-14-25(24)39-3)28(21-11-4-5-12-23(21)31)22(16-32)30(33-18)40-17-26(36)34-19-9-8-10-20(15-19)38-2/h4-15,28,33H,17H2,1-3H3,(H,34,36)(H,35,37). The van der Waals surface area contributed by atoms with Crippen molar-refractivity contribution in [3.05, 3.63) is 105 Å². The minimum absolute atomic E-state index is 0.0238. The van der Waals surface area contributed by atoms with Gasteiger partial charge in [0.05, 0.1) is 48.2 Å². The van der Waals surface area contributed by atoms with Crippen LogP contribution in [-0.2, 0) is 9.59 Å². The molecule has 0 saturated carbocycles. The summed E-state index contributed by atoms with van der Waals surface area (Å²) < 4.78 is 10.6. The molecule has 3 aromatic carbocycles. The van der Waals surface area contributed by atoms with Crippen LogP contribution in [0.2, 0.25) is 5.02 Å². The summed E-state index contributed by atoms with van der Waals surface area (Å²) in [5.41, 5.74) is 2.84. The molecule has 1 atom stereocenters. The van der Waals surface area contributed by atoms with Crippen molar-refractivity contribution in [3.63, 3.8) is 0 Å². The summed E-state index contributed by atoms with van der Waals surface area (Å²) in [4.78, 5) is 26.5. The number of dihydropyridines is 1. The Balaban J connectivity index is 1.64. The Bertz CT molecular complexity index is 1550. The zero-order valence-corrected chi connectivity index (χ0v) is 23.7. The third-order valence-electron chi connectivity index (χ3n) is 6.16. The second-order valence-electron chi connectivity index (χ2n) is 8.70. The van der Waals surface area contributed by atoms with E-state index in [1.54, 1.807) is 86.8 Å². The maximum Gasteiger partial charge on any atom is 0.254 e. The number of carbonyl (C=O) groups excluding carboxylic acids is 2. The van der Waals surface area contributed by atoms with Crippen LogP contribution >= 0.6 is 23.4 Å². The van der Waals surface area contributed by atoms with E-state index in [1.165, 1.54) is 18.9 Å². The van der Waals surface area contributed by atoms with Crippen LogP contribution in [0.15, 0.2) is 94.7 Å². The number of para-hydroxylation sites is 2. The number of hydrogen-bond acceptors (Lipinski definition) is 7. The number of nitrogens with zero attached hydrogens (tertiary/aromatic N) is 1. The van der Waals surface area contributed by atoms with Gasteiger partial charge in [-0.1, -0.05) is 59.8 Å². The summed E-state index contributed by atoms with van der Waals surface area (Å²) >= 11 is 7.76. The SMILES string of the molecule is COc1cccc(NC(=O)CSC2=C(C#N)C(c3ccccc3Cl)C(C(=O)Nc3ccccc3OC)=C(C)N2)c1. The van der Waals surface area contributed by atoms with Gasteiger partial charge in [-0.15, -0.1) is 0 Å². The van der Waals surface area contributed by atoms with Crippen LogP contribution < -0.4 is 25.4 Å². The molecular weight excluding hydrogens is 548 g/mol. The number of hydrogen-bond donors (Lipinski definition) is 3. The van der Waals surface area contributed by atoms with Crippen molar-refractivity contribution in [3.8, 4) is 17.6 Å². The summed E-state index contributed by atoms with van der Waals surface area (Å²) in [6, 6.07) is 23.5. The van der Waals surface area contributed by atoms with Gasteiger partial charge in [0.2, 0.25) is 5.91 Å². The molecule has 0 radical (unpaired) electrons. The zero-order valence-electron chi connectivity index (χ0n) is 22.1. The summed E-state index contributed by atoms with van der Waals surface area (Å²) in [7, 11) is 3.08. The second kappa shape index (κ2) is 13.1. The smallest absolute Gasteiger partial charge is 0.254 e. The van der Waals surface area contributed by atoms with Crippen molar-refractivity contribution < 1.29 is 19.1 Å². The molecule has 1 unspecified atom stereocenters. The average Bonchev–Trinajstić information content (AvgIpc) is 2.96. The second-order valence-corrected chi connectivity index (χ2v) is 10.1. The first-order valence-corrected chi connectivity index (χ1v) is 13.6. The fourth-order valence-corrected chi connectivity index (χ4v) is 5.46. The van der Waals surface area contributed by atoms with Crippen LogP contribution in [0.25, 0.3) is 0 Å². The van der Waals surface area contributed by atoms with Gasteiger partial charge in [-0.3, -0.25) is 9.59 Å². The van der Waals surface area contributed by atoms with Crippen LogP contribution in [0.3, 0.4) is 0 Å². The highest BCUT2D eigenvalue weighted by molar-refractivity contribution is 8.03. The van der Waals surface area contributed by atoms with Crippen molar-refractivity contribution in [2.75, 3.05) is 30.6 Å². The number of rotatable bonds is 9. The van der Waals surface area contributed by atoms with Crippen molar-refractivity contribution in [2.45, 2.75) is 12.8 Å². The van der Waals surface area contributed by atoms with Gasteiger partial charge in [0.1, 0.15) is 11.5 Å². The lowest BCUT2D eigenvalue weighted by Crippen LogP contribution is -2.31. The lowest BCUT2D eigenvalue weighted by Gasteiger charge is -2.30. The number of nitriles is 1. The topological polar surface area (TPSA) is 112 Å². The van der Waals surface area contributed by atoms with E-state index in [1.807, 2.05) is 0 Å². The van der Waals surface area contributed by atoms with Crippen molar-refractivity contribution in [1.82, 2.24) is 5.32 Å². The van der Waals surface area contributed by atoms with Gasteiger partial charge in [0, 0.05) is 28.0 Å². The van der Waals surface area contributed by atoms with Gasteiger partial charge in [-0.05, 0) is 42.8 Å². The lowest BCUT2D eigenvalue weighted by molar-refractivity contribution is -0.114. The number of amides is 2. The molecule has 10 heteroatoms. The number of anilines is 2. The molecule has 1 aliphatic rings. The number of benzene rings is 3. The van der Waals surface area contributed by atoms with Gasteiger partial charge >= 0.3 is 0 Å². The Labute approximate surface area is 242 Å². The molecule has 1 aliphatic heterocycles. The zero-order chi connectivity index (χ0) is 28.6. The van der Waals surface area contributed by atoms with Crippen LogP contribution in [0.4, 0.5) is 11.4 Å². The minimum atomic E-state index is -0.765. The van der Waals surface area contributed by atoms with Gasteiger partial charge < -0.3 is 25.4 Å². The van der Waals surface area contributed by atoms with E-state index in [2.05, 4.69) is 22.0 Å². The molecule has 8 nitrogen and oxygen atoms in total. The van der Waals surface area contributed by atoms with E-state index in [0.29, 0.717) is 49.8 Å². The monoisotopic (exact) mass is 574 g/mol. The Hall–Kier alpha value is -4.39. The van der Waals surface area contributed by atoms with Crippen molar-refractivity contribution in [1.29, 1.82) is 5.26 Å². The molecular formula is C30H27ClN4O4S. The first-order chi connectivity index (χ1) is 19.4. The molecule has 0 saturated heterocycles. The fourth-order valence-electron chi connectivity index (χ4n) is 4.32. The molecule has 3 N–H and O–H groups in total. The summed E-state index contributed by atoms with van der Waals surface area (Å²) in [6.45, 7) is 1.76. The molecule has 0 bridgehead atoms. The first kappa shape index (κ1) is 28.6. The summed E-state index contributed by atoms with van der Waals surface area (Å²) in [6.07, 6.45) is 0. The molecule has 0 fully saturated rings. The lowest BCUT2D eigenvalue weighted by atomic mass is 9.82. The van der Waals surface area contributed by atoms with Gasteiger partial charge in [0.25, 0.3) is 5.91 Å². The molecule has 0 aromatic heterocycles. The quantitative estimate of drug-likeness (QED) is 0.284. The maximum absolute atomic E-state index is 13.7. The molecule has 3 aromatic rings. The van der Waals surface area contributed by atoms with Crippen LogP contribution in [0, 0.1) is 11.3 Å². The van der Waals surface area contributed by atoms with Gasteiger partial charge in [-0.2, -0.15) is 5.26 Å². The number of nitrogens with one attached hydrogen (secondary N) is 3. The highest BCUT2D eigenvalue weighted by Crippen LogP contribution is 2.43. The van der Waals surface area contributed by atoms with Gasteiger partial charge in [-0.25, -0.2) is 0 Å². The normalized spacial score (nSPS) is 14.6. The highest BCUT2D eigenvalue weighted by atomic mass is 35.5. The first-order valence-electron chi connectivity index (χ1n) is 12.2. The van der Waals surface area contributed by atoms with Crippen LogP contribution in [0.1, 0.15) is 18.4 Å². The Kier molecular flexibility index (Phi) is 9.38. The van der Waals surface area contributed by atoms with E-state index < -0.39 is 11.8 Å². The molecule has 0 spiro atoms. The van der Waals surface area contributed by atoms with Crippen LogP contribution in [-0.4, -0.2) is 31.8 Å². The van der Waals surface area contributed by atoms with E-state index in [-0.39, 0.29) is 17.2 Å². The largest absolute Gasteiger partial charge is 0.497 e. The van der Waals surface area contributed by atoms with E-state index in [0.717, 1.165) is 0 Å². The highest BCUT2D eigenvalue weighted by Gasteiger charge is 2.36. The van der Waals surface area contributed by atoms with E-state index in [4.69, 9.17) is 21.1 Å². The Morgan fingerprint density at radius 1 is 1.02 bits per heavy atom. The molecule has 40 heavy (non-hydrogen) atoms. The molecule has 204 valence electrons. The molecule has 2 amide bonds. The molecule has 1 heterocycles. The third kappa shape index (κ3) is 6.42. The maximum atomic E-state index is 13.7. The number of ether oxygens (including phenoxy) is 2. The minimum Gasteiger partial charge on any atom is -0.497 e. The van der Waals surface area contributed by atoms with E-state index >= 15 is 0 Å². The summed E-state index contributed by atoms with van der Waals surface area (Å²) in [5.74, 6) is -0.292. The van der Waals surface area contributed by atoms with Crippen LogP contribution in [0.5, 0.6) is 11.5 Å². The van der Waals surface area contributed by atoms with Crippen molar-refractivity contribution >= 4 is 46.6 Å². The predicted molar refractivity (Wildman–Crippen MR) is 158 cm³/mol. The van der Waals surface area contributed by atoms with Gasteiger partial charge in [0.15, 0.2) is 0 Å². The number of methoxy groups -OCH3 is 2. The number of allylic oxidation sites excluding steroid dienone is 2. The third-order valence-corrected chi connectivity index (χ3v) is 7.53. The fraction of sp³-hybridized carbons (Fsp3) is 0.167. The Morgan fingerprint density at radius 3 is 2.50 bits per heavy atom. The van der Waals surface area contributed by atoms with E-state index in [9.17, 15) is 14.9 Å². The van der Waals surface area contributed by atoms with Crippen molar-refractivity contribution in [2.24, 2.45) is 0 Å². The number of carbonyl (C=O) groups is 2. The average molecular weight is 575 g/mol.